The number of para-hydroxylation sites is 1. The van der Waals surface area contributed by atoms with Crippen LogP contribution in [0.1, 0.15) is 10.4 Å². The van der Waals surface area contributed by atoms with E-state index in [4.69, 9.17) is 0 Å². The smallest absolute Gasteiger partial charge is 0.338 e. The Balaban J connectivity index is 2.32. The molecule has 4 nitrogen and oxygen atoms in total. The molecule has 0 amide bonds. The van der Waals surface area contributed by atoms with Gasteiger partial charge in [0.15, 0.2) is 0 Å². The van der Waals surface area contributed by atoms with Gasteiger partial charge in [-0.3, -0.25) is 0 Å². The van der Waals surface area contributed by atoms with E-state index in [1.54, 1.807) is 0 Å². The zero-order valence-electron chi connectivity index (χ0n) is 10.7. The van der Waals surface area contributed by atoms with Crippen molar-refractivity contribution in [1.82, 2.24) is 9.97 Å². The highest BCUT2D eigenvalue weighted by Crippen LogP contribution is 2.31. The fourth-order valence-corrected chi connectivity index (χ4v) is 2.71. The molecular formula is C16H9FN2O2. The zero-order chi connectivity index (χ0) is 14.6. The number of aromatic amines is 1. The Morgan fingerprint density at radius 3 is 2.76 bits per heavy atom. The summed E-state index contributed by atoms with van der Waals surface area (Å²) < 4.78 is 13.5. The van der Waals surface area contributed by atoms with Crippen LogP contribution in [0, 0.1) is 5.82 Å². The number of halogens is 1. The van der Waals surface area contributed by atoms with Crippen molar-refractivity contribution < 1.29 is 14.3 Å². The number of nitrogens with zero attached hydrogens (tertiary/aromatic N) is 1. The second kappa shape index (κ2) is 4.02. The van der Waals surface area contributed by atoms with Gasteiger partial charge >= 0.3 is 5.97 Å². The van der Waals surface area contributed by atoms with Gasteiger partial charge in [-0.05, 0) is 24.3 Å². The molecule has 0 radical (unpaired) electrons. The minimum Gasteiger partial charge on any atom is -0.478 e. The summed E-state index contributed by atoms with van der Waals surface area (Å²) in [5.74, 6) is -1.59. The lowest BCUT2D eigenvalue weighted by molar-refractivity contribution is 0.0701. The van der Waals surface area contributed by atoms with Crippen LogP contribution in [0.25, 0.3) is 32.8 Å². The molecule has 0 saturated carbocycles. The van der Waals surface area contributed by atoms with Crippen molar-refractivity contribution >= 4 is 38.8 Å². The summed E-state index contributed by atoms with van der Waals surface area (Å²) >= 11 is 0. The highest BCUT2D eigenvalue weighted by Gasteiger charge is 2.19. The maximum absolute atomic E-state index is 13.5. The van der Waals surface area contributed by atoms with Crippen molar-refractivity contribution in [2.45, 2.75) is 0 Å². The molecule has 2 N–H and O–H groups in total. The quantitative estimate of drug-likeness (QED) is 0.558. The maximum atomic E-state index is 13.5. The van der Waals surface area contributed by atoms with Gasteiger partial charge in [0, 0.05) is 16.3 Å². The average Bonchev–Trinajstić information content (AvgIpc) is 2.82. The highest BCUT2D eigenvalue weighted by atomic mass is 19.1. The molecule has 4 rings (SSSR count). The predicted octanol–water partition coefficient (Wildman–Crippen LogP) is 3.71. The van der Waals surface area contributed by atoms with E-state index in [-0.39, 0.29) is 5.56 Å². The van der Waals surface area contributed by atoms with Crippen LogP contribution in [0.4, 0.5) is 4.39 Å². The van der Waals surface area contributed by atoms with Crippen LogP contribution in [0.3, 0.4) is 0 Å². The first-order chi connectivity index (χ1) is 10.1. The number of benzene rings is 2. The van der Waals surface area contributed by atoms with Gasteiger partial charge < -0.3 is 10.1 Å². The van der Waals surface area contributed by atoms with Crippen LogP contribution < -0.4 is 0 Å². The second-order valence-electron chi connectivity index (χ2n) is 4.85. The lowest BCUT2D eigenvalue weighted by Crippen LogP contribution is -2.01. The molecule has 4 aromatic rings. The molecule has 0 saturated heterocycles. The van der Waals surface area contributed by atoms with E-state index in [2.05, 4.69) is 9.97 Å². The Hall–Kier alpha value is -2.95. The average molecular weight is 280 g/mol. The number of aromatic carboxylic acids is 1. The summed E-state index contributed by atoms with van der Waals surface area (Å²) in [5.41, 5.74) is 2.32. The van der Waals surface area contributed by atoms with Crippen molar-refractivity contribution in [3.8, 4) is 0 Å². The molecule has 5 heteroatoms. The molecule has 0 spiro atoms. The normalized spacial score (nSPS) is 11.5. The topological polar surface area (TPSA) is 66.0 Å². The summed E-state index contributed by atoms with van der Waals surface area (Å²) in [5, 5.41) is 10.7. The maximum Gasteiger partial charge on any atom is 0.338 e. The number of hydrogen-bond acceptors (Lipinski definition) is 2. The van der Waals surface area contributed by atoms with Crippen molar-refractivity contribution in [2.24, 2.45) is 0 Å². The van der Waals surface area contributed by atoms with E-state index >= 15 is 0 Å². The fraction of sp³-hybridized carbons (Fsp3) is 0. The first-order valence-corrected chi connectivity index (χ1v) is 6.38. The van der Waals surface area contributed by atoms with Crippen LogP contribution in [-0.4, -0.2) is 21.0 Å². The van der Waals surface area contributed by atoms with Gasteiger partial charge in [0.05, 0.1) is 22.1 Å². The standard InChI is InChI=1S/C16H9FN2O2/c17-8-5-6-12-10(7-8)13(16(20)21)15-14(18-12)9-3-1-2-4-11(9)19-15/h1-7,19H,(H,20,21). The molecule has 0 unspecified atom stereocenters. The summed E-state index contributed by atoms with van der Waals surface area (Å²) in [6.45, 7) is 0. The third-order valence-corrected chi connectivity index (χ3v) is 3.60. The molecule has 2 aromatic carbocycles. The third-order valence-electron chi connectivity index (χ3n) is 3.60. The van der Waals surface area contributed by atoms with Crippen LogP contribution in [0.5, 0.6) is 0 Å². The molecule has 102 valence electrons. The van der Waals surface area contributed by atoms with Gasteiger partial charge in [-0.2, -0.15) is 0 Å². The van der Waals surface area contributed by atoms with Crippen molar-refractivity contribution in [3.05, 3.63) is 53.8 Å². The van der Waals surface area contributed by atoms with Crippen molar-refractivity contribution in [2.75, 3.05) is 0 Å². The first kappa shape index (κ1) is 11.8. The van der Waals surface area contributed by atoms with Gasteiger partial charge in [-0.25, -0.2) is 14.2 Å². The number of nitrogens with one attached hydrogen (secondary N) is 1. The Morgan fingerprint density at radius 2 is 1.95 bits per heavy atom. The molecule has 2 heterocycles. The second-order valence-corrected chi connectivity index (χ2v) is 4.85. The van der Waals surface area contributed by atoms with Crippen molar-refractivity contribution in [1.29, 1.82) is 0 Å². The molecule has 0 aliphatic carbocycles. The Kier molecular flexibility index (Phi) is 2.27. The lowest BCUT2D eigenvalue weighted by Gasteiger charge is -2.04. The zero-order valence-corrected chi connectivity index (χ0v) is 10.7. The SMILES string of the molecule is O=C(O)c1c2cc(F)ccc2nc2c1[nH]c1ccccc12. The molecule has 0 fully saturated rings. The first-order valence-electron chi connectivity index (χ1n) is 6.38. The molecule has 2 aromatic heterocycles. The summed E-state index contributed by atoms with van der Waals surface area (Å²) in [7, 11) is 0. The van der Waals surface area contributed by atoms with E-state index in [1.165, 1.54) is 18.2 Å². The molecule has 21 heavy (non-hydrogen) atoms. The van der Waals surface area contributed by atoms with E-state index < -0.39 is 11.8 Å². The van der Waals surface area contributed by atoms with Gasteiger partial charge in [0.1, 0.15) is 5.82 Å². The van der Waals surface area contributed by atoms with Gasteiger partial charge in [0.25, 0.3) is 0 Å². The highest BCUT2D eigenvalue weighted by molar-refractivity contribution is 6.18. The largest absolute Gasteiger partial charge is 0.478 e. The molecule has 0 bridgehead atoms. The minimum absolute atomic E-state index is 0.0469. The molecule has 0 aliphatic rings. The summed E-state index contributed by atoms with van der Waals surface area (Å²) in [4.78, 5) is 19.2. The van der Waals surface area contributed by atoms with Crippen LogP contribution in [0.2, 0.25) is 0 Å². The van der Waals surface area contributed by atoms with E-state index in [0.717, 1.165) is 10.9 Å². The lowest BCUT2D eigenvalue weighted by atomic mass is 10.1. The predicted molar refractivity (Wildman–Crippen MR) is 78.0 cm³/mol. The number of fused-ring (bicyclic) bond motifs is 4. The van der Waals surface area contributed by atoms with Crippen LogP contribution in [-0.2, 0) is 0 Å². The number of carboxylic acids is 1. The number of rotatable bonds is 1. The Labute approximate surface area is 117 Å². The number of hydrogen-bond donors (Lipinski definition) is 2. The number of H-pyrrole nitrogens is 1. The van der Waals surface area contributed by atoms with E-state index in [1.807, 2.05) is 24.3 Å². The minimum atomic E-state index is -1.11. The number of carboxylic acid groups (broad SMARTS) is 1. The fourth-order valence-electron chi connectivity index (χ4n) is 2.71. The summed E-state index contributed by atoms with van der Waals surface area (Å²) in [6, 6.07) is 11.4. The van der Waals surface area contributed by atoms with Crippen LogP contribution in [0.15, 0.2) is 42.5 Å². The molecular weight excluding hydrogens is 271 g/mol. The van der Waals surface area contributed by atoms with Gasteiger partial charge in [0.2, 0.25) is 0 Å². The van der Waals surface area contributed by atoms with Crippen molar-refractivity contribution in [3.63, 3.8) is 0 Å². The Bertz CT molecular complexity index is 1040. The van der Waals surface area contributed by atoms with E-state index in [9.17, 15) is 14.3 Å². The number of pyridine rings is 1. The molecule has 0 atom stereocenters. The van der Waals surface area contributed by atoms with Crippen LogP contribution >= 0.6 is 0 Å². The summed E-state index contributed by atoms with van der Waals surface area (Å²) in [6.07, 6.45) is 0. The monoisotopic (exact) mass is 280 g/mol. The molecule has 0 aliphatic heterocycles. The number of carbonyl (C=O) groups is 1. The van der Waals surface area contributed by atoms with Gasteiger partial charge in [-0.15, -0.1) is 0 Å². The third kappa shape index (κ3) is 1.61. The van der Waals surface area contributed by atoms with E-state index in [0.29, 0.717) is 21.9 Å². The Morgan fingerprint density at radius 1 is 1.14 bits per heavy atom. The number of aromatic nitrogens is 2. The van der Waals surface area contributed by atoms with Gasteiger partial charge in [-0.1, -0.05) is 18.2 Å².